The van der Waals surface area contributed by atoms with Gasteiger partial charge in [0.05, 0.1) is 0 Å². The summed E-state index contributed by atoms with van der Waals surface area (Å²) in [4.78, 5) is 0. The molecular formula is C11H16B3N. The van der Waals surface area contributed by atoms with E-state index in [0.29, 0.717) is 0 Å². The smallest absolute Gasteiger partial charge is 0.142 e. The lowest BCUT2D eigenvalue weighted by Crippen LogP contribution is -2.05. The highest BCUT2D eigenvalue weighted by Crippen LogP contribution is 2.17. The Morgan fingerprint density at radius 2 is 2.00 bits per heavy atom. The van der Waals surface area contributed by atoms with Gasteiger partial charge in [-0.05, 0) is 17.3 Å². The van der Waals surface area contributed by atoms with Gasteiger partial charge >= 0.3 is 0 Å². The molecule has 0 bridgehead atoms. The molecule has 0 radical (unpaired) electrons. The normalized spacial score (nSPS) is 12.9. The van der Waals surface area contributed by atoms with Gasteiger partial charge in [0.25, 0.3) is 0 Å². The first-order valence-electron chi connectivity index (χ1n) is 5.19. The van der Waals surface area contributed by atoms with Crippen LogP contribution in [0.5, 0.6) is 0 Å². The lowest BCUT2D eigenvalue weighted by atomic mass is 9.81. The van der Waals surface area contributed by atoms with E-state index in [1.54, 1.807) is 6.20 Å². The molecule has 0 heterocycles. The van der Waals surface area contributed by atoms with Gasteiger partial charge in [0.1, 0.15) is 23.5 Å². The van der Waals surface area contributed by atoms with Crippen LogP contribution in [0.25, 0.3) is 11.5 Å². The summed E-state index contributed by atoms with van der Waals surface area (Å²) in [5.74, 6) is 0. The quantitative estimate of drug-likeness (QED) is 0.590. The summed E-state index contributed by atoms with van der Waals surface area (Å²) < 4.78 is 0. The maximum atomic E-state index is 5.57. The molecule has 1 rings (SSSR count). The molecule has 0 aliphatic carbocycles. The van der Waals surface area contributed by atoms with Gasteiger partial charge in [-0.25, -0.2) is 0 Å². The first kappa shape index (κ1) is 11.8. The van der Waals surface area contributed by atoms with E-state index in [9.17, 15) is 0 Å². The Kier molecular flexibility index (Phi) is 3.90. The molecule has 1 aromatic rings. The summed E-state index contributed by atoms with van der Waals surface area (Å²) in [7, 11) is 6.24. The Bertz CT molecular complexity index is 418. The minimum Gasteiger partial charge on any atom is -0.405 e. The second-order valence-corrected chi connectivity index (χ2v) is 4.16. The van der Waals surface area contributed by atoms with Crippen LogP contribution in [0.1, 0.15) is 18.1 Å². The molecule has 0 aliphatic heterocycles. The Morgan fingerprint density at radius 1 is 1.33 bits per heavy atom. The number of benzene rings is 1. The van der Waals surface area contributed by atoms with Crippen LogP contribution < -0.4 is 11.2 Å². The Balaban J connectivity index is 3.33. The van der Waals surface area contributed by atoms with E-state index in [2.05, 4.69) is 46.9 Å². The van der Waals surface area contributed by atoms with E-state index in [0.717, 1.165) is 5.47 Å². The fourth-order valence-electron chi connectivity index (χ4n) is 1.54. The molecule has 0 unspecified atom stereocenters. The van der Waals surface area contributed by atoms with Crippen LogP contribution in [-0.2, 0) is 0 Å². The third kappa shape index (κ3) is 3.09. The van der Waals surface area contributed by atoms with Gasteiger partial charge in [-0.15, -0.1) is 5.47 Å². The SMILES string of the molecule is B/C(C)=C/c1ccc(B)cc1/C(B)=C/N. The molecule has 0 fully saturated rings. The summed E-state index contributed by atoms with van der Waals surface area (Å²) in [6.07, 6.45) is 3.85. The minimum atomic E-state index is 1.12. The van der Waals surface area contributed by atoms with Crippen molar-refractivity contribution in [3.63, 3.8) is 0 Å². The van der Waals surface area contributed by atoms with Gasteiger partial charge in [-0.1, -0.05) is 42.1 Å². The highest BCUT2D eigenvalue weighted by atomic mass is 14.5. The molecule has 0 spiro atoms. The summed E-state index contributed by atoms with van der Waals surface area (Å²) >= 11 is 0. The van der Waals surface area contributed by atoms with E-state index < -0.39 is 0 Å². The maximum Gasteiger partial charge on any atom is 0.142 e. The monoisotopic (exact) mass is 195 g/mol. The van der Waals surface area contributed by atoms with Gasteiger partial charge in [-0.2, -0.15) is 0 Å². The zero-order chi connectivity index (χ0) is 11.4. The van der Waals surface area contributed by atoms with E-state index in [4.69, 9.17) is 5.73 Å². The average Bonchev–Trinajstić information content (AvgIpc) is 2.19. The van der Waals surface area contributed by atoms with Gasteiger partial charge in [0.2, 0.25) is 0 Å². The average molecular weight is 195 g/mol. The summed E-state index contributed by atoms with van der Waals surface area (Å²) in [5.41, 5.74) is 11.7. The highest BCUT2D eigenvalue weighted by molar-refractivity contribution is 6.43. The van der Waals surface area contributed by atoms with Crippen molar-refractivity contribution in [2.24, 2.45) is 5.73 Å². The lowest BCUT2D eigenvalue weighted by Gasteiger charge is -2.08. The predicted molar refractivity (Wildman–Crippen MR) is 77.5 cm³/mol. The number of rotatable bonds is 2. The van der Waals surface area contributed by atoms with E-state index in [-0.39, 0.29) is 0 Å². The molecule has 0 aromatic heterocycles. The van der Waals surface area contributed by atoms with Gasteiger partial charge < -0.3 is 5.73 Å². The van der Waals surface area contributed by atoms with Crippen LogP contribution in [0.3, 0.4) is 0 Å². The van der Waals surface area contributed by atoms with E-state index in [1.807, 2.05) is 7.85 Å². The van der Waals surface area contributed by atoms with Crippen LogP contribution in [0.15, 0.2) is 29.9 Å². The second-order valence-electron chi connectivity index (χ2n) is 4.16. The lowest BCUT2D eigenvalue weighted by molar-refractivity contribution is 1.56. The zero-order valence-electron chi connectivity index (χ0n) is 9.96. The summed E-state index contributed by atoms with van der Waals surface area (Å²) in [6.45, 7) is 2.10. The number of hydrogen-bond donors (Lipinski definition) is 1. The van der Waals surface area contributed by atoms with Crippen molar-refractivity contribution in [1.82, 2.24) is 0 Å². The zero-order valence-corrected chi connectivity index (χ0v) is 9.96. The van der Waals surface area contributed by atoms with Gasteiger partial charge in [-0.3, -0.25) is 0 Å². The molecule has 4 heteroatoms. The molecule has 0 aliphatic rings. The fraction of sp³-hybridized carbons (Fsp3) is 0.0909. The van der Waals surface area contributed by atoms with Crippen LogP contribution in [-0.4, -0.2) is 23.5 Å². The molecule has 74 valence electrons. The van der Waals surface area contributed by atoms with Crippen molar-refractivity contribution in [3.8, 4) is 0 Å². The third-order valence-corrected chi connectivity index (χ3v) is 2.33. The second kappa shape index (κ2) is 4.97. The first-order valence-corrected chi connectivity index (χ1v) is 5.19. The van der Waals surface area contributed by atoms with Crippen molar-refractivity contribution in [1.29, 1.82) is 0 Å². The molecule has 0 saturated carbocycles. The molecule has 1 aromatic carbocycles. The molecular weight excluding hydrogens is 179 g/mol. The number of nitrogens with two attached hydrogens (primary N) is 1. The van der Waals surface area contributed by atoms with Crippen LogP contribution in [0.2, 0.25) is 0 Å². The first-order chi connectivity index (χ1) is 7.04. The molecule has 0 saturated heterocycles. The van der Waals surface area contributed by atoms with Crippen molar-refractivity contribution in [2.45, 2.75) is 6.92 Å². The Hall–Kier alpha value is -1.31. The third-order valence-electron chi connectivity index (χ3n) is 2.33. The van der Waals surface area contributed by atoms with Crippen LogP contribution >= 0.6 is 0 Å². The summed E-state index contributed by atoms with van der Waals surface area (Å²) in [5, 5.41) is 0. The van der Waals surface area contributed by atoms with E-state index in [1.165, 1.54) is 22.1 Å². The van der Waals surface area contributed by atoms with Crippen molar-refractivity contribution in [2.75, 3.05) is 0 Å². The highest BCUT2D eigenvalue weighted by Gasteiger charge is 2.01. The molecule has 1 nitrogen and oxygen atoms in total. The topological polar surface area (TPSA) is 26.0 Å². The largest absolute Gasteiger partial charge is 0.405 e. The number of allylic oxidation sites excluding steroid dienone is 1. The fourth-order valence-corrected chi connectivity index (χ4v) is 1.54. The van der Waals surface area contributed by atoms with Crippen LogP contribution in [0, 0.1) is 0 Å². The molecule has 0 atom stereocenters. The maximum absolute atomic E-state index is 5.57. The molecule has 15 heavy (non-hydrogen) atoms. The van der Waals surface area contributed by atoms with Gasteiger partial charge in [0.15, 0.2) is 0 Å². The van der Waals surface area contributed by atoms with Crippen molar-refractivity contribution in [3.05, 3.63) is 41.0 Å². The predicted octanol–water partition coefficient (Wildman–Crippen LogP) is -1.17. The Labute approximate surface area is 94.7 Å². The minimum absolute atomic E-state index is 1.12. The number of hydrogen-bond acceptors (Lipinski definition) is 1. The van der Waals surface area contributed by atoms with Crippen molar-refractivity contribution >= 4 is 40.6 Å². The molecule has 0 amide bonds. The van der Waals surface area contributed by atoms with Gasteiger partial charge in [0, 0.05) is 0 Å². The molecule has 2 N–H and O–H groups in total. The Morgan fingerprint density at radius 3 is 2.53 bits per heavy atom. The van der Waals surface area contributed by atoms with Crippen molar-refractivity contribution < 1.29 is 0 Å². The summed E-state index contributed by atoms with van der Waals surface area (Å²) in [6, 6.07) is 6.44. The van der Waals surface area contributed by atoms with Crippen LogP contribution in [0.4, 0.5) is 0 Å². The van der Waals surface area contributed by atoms with E-state index >= 15 is 0 Å². The standard InChI is InChI=1S/C11H16B3N/c1-7(12)4-8-2-3-9(13)5-10(8)11(14)6-15/h2-6H,12-15H2,1H3/b7-4+,11-6-.